The van der Waals surface area contributed by atoms with E-state index < -0.39 is 0 Å². The number of halogens is 1. The van der Waals surface area contributed by atoms with Gasteiger partial charge in [-0.15, -0.1) is 12.4 Å². The quantitative estimate of drug-likeness (QED) is 0.790. The zero-order valence-electron chi connectivity index (χ0n) is 13.5. The van der Waals surface area contributed by atoms with Crippen LogP contribution < -0.4 is 10.6 Å². The van der Waals surface area contributed by atoms with Gasteiger partial charge in [0.2, 0.25) is 0 Å². The Bertz CT molecular complexity index is 303. The molecule has 0 aromatic rings. The second-order valence-electron chi connectivity index (χ2n) is 7.32. The SMILES string of the molecule is CCCC1(CNC2CCCC2C2COCCN2)CCC1.Cl. The van der Waals surface area contributed by atoms with Gasteiger partial charge in [-0.25, -0.2) is 0 Å². The second-order valence-corrected chi connectivity index (χ2v) is 7.32. The van der Waals surface area contributed by atoms with Crippen molar-refractivity contribution < 1.29 is 4.74 Å². The van der Waals surface area contributed by atoms with Gasteiger partial charge in [0.05, 0.1) is 13.2 Å². The summed E-state index contributed by atoms with van der Waals surface area (Å²) in [6.07, 6.45) is 11.3. The Labute approximate surface area is 136 Å². The van der Waals surface area contributed by atoms with Crippen molar-refractivity contribution in [2.24, 2.45) is 11.3 Å². The zero-order valence-corrected chi connectivity index (χ0v) is 14.4. The maximum absolute atomic E-state index is 5.67. The summed E-state index contributed by atoms with van der Waals surface area (Å²) in [7, 11) is 0. The smallest absolute Gasteiger partial charge is 0.0623 e. The Morgan fingerprint density at radius 1 is 1.24 bits per heavy atom. The minimum absolute atomic E-state index is 0. The number of ether oxygens (including phenoxy) is 1. The summed E-state index contributed by atoms with van der Waals surface area (Å²) in [6, 6.07) is 1.32. The minimum Gasteiger partial charge on any atom is -0.379 e. The molecule has 0 aromatic heterocycles. The number of rotatable bonds is 6. The highest BCUT2D eigenvalue weighted by Gasteiger charge is 2.39. The third-order valence-corrected chi connectivity index (χ3v) is 5.97. The standard InChI is InChI=1S/C17H32N2O.ClH/c1-2-7-17(8-4-9-17)13-19-15-6-3-5-14(15)16-12-20-11-10-18-16;/h14-16,18-19H,2-13H2,1H3;1H. The van der Waals surface area contributed by atoms with Crippen molar-refractivity contribution in [1.82, 2.24) is 10.6 Å². The highest BCUT2D eigenvalue weighted by molar-refractivity contribution is 5.85. The van der Waals surface area contributed by atoms with Crippen LogP contribution in [0.4, 0.5) is 0 Å². The van der Waals surface area contributed by atoms with Gasteiger partial charge in [-0.2, -0.15) is 0 Å². The number of hydrogen-bond donors (Lipinski definition) is 2. The topological polar surface area (TPSA) is 33.3 Å². The maximum atomic E-state index is 5.67. The molecule has 1 heterocycles. The Kier molecular flexibility index (Phi) is 6.79. The number of morpholine rings is 1. The summed E-state index contributed by atoms with van der Waals surface area (Å²) in [6.45, 7) is 6.44. The van der Waals surface area contributed by atoms with Crippen molar-refractivity contribution in [2.45, 2.75) is 70.4 Å². The first-order chi connectivity index (χ1) is 9.83. The first kappa shape index (κ1) is 17.5. The van der Waals surface area contributed by atoms with Crippen LogP contribution >= 0.6 is 12.4 Å². The lowest BCUT2D eigenvalue weighted by atomic mass is 9.66. The maximum Gasteiger partial charge on any atom is 0.0623 e. The van der Waals surface area contributed by atoms with Crippen LogP contribution in [0.2, 0.25) is 0 Å². The molecule has 1 aliphatic heterocycles. The van der Waals surface area contributed by atoms with Crippen LogP contribution in [-0.2, 0) is 4.74 Å². The zero-order chi connectivity index (χ0) is 13.8. The van der Waals surface area contributed by atoms with E-state index in [4.69, 9.17) is 4.74 Å². The molecule has 0 amide bonds. The highest BCUT2D eigenvalue weighted by atomic mass is 35.5. The fourth-order valence-electron chi connectivity index (χ4n) is 4.65. The van der Waals surface area contributed by atoms with Gasteiger partial charge in [-0.3, -0.25) is 0 Å². The molecule has 2 N–H and O–H groups in total. The Balaban J connectivity index is 0.00000161. The number of nitrogens with one attached hydrogen (secondary N) is 2. The van der Waals surface area contributed by atoms with Crippen molar-refractivity contribution in [1.29, 1.82) is 0 Å². The molecule has 0 aromatic carbocycles. The van der Waals surface area contributed by atoms with Crippen LogP contribution in [0.15, 0.2) is 0 Å². The van der Waals surface area contributed by atoms with Crippen LogP contribution in [0, 0.1) is 11.3 Å². The van der Waals surface area contributed by atoms with Crippen molar-refractivity contribution in [3.05, 3.63) is 0 Å². The summed E-state index contributed by atoms with van der Waals surface area (Å²) >= 11 is 0. The van der Waals surface area contributed by atoms with Crippen LogP contribution in [-0.4, -0.2) is 38.4 Å². The Morgan fingerprint density at radius 2 is 2.10 bits per heavy atom. The summed E-state index contributed by atoms with van der Waals surface area (Å²) < 4.78 is 5.67. The van der Waals surface area contributed by atoms with Gasteiger partial charge in [-0.05, 0) is 43.4 Å². The predicted octanol–water partition coefficient (Wildman–Crippen LogP) is 3.13. The molecule has 21 heavy (non-hydrogen) atoms. The Hall–Kier alpha value is 0.170. The van der Waals surface area contributed by atoms with Gasteiger partial charge in [0.15, 0.2) is 0 Å². The van der Waals surface area contributed by atoms with Crippen molar-refractivity contribution >= 4 is 12.4 Å². The molecule has 3 rings (SSSR count). The van der Waals surface area contributed by atoms with Crippen LogP contribution in [0.1, 0.15) is 58.3 Å². The van der Waals surface area contributed by atoms with Crippen molar-refractivity contribution in [3.8, 4) is 0 Å². The Morgan fingerprint density at radius 3 is 2.71 bits per heavy atom. The van der Waals surface area contributed by atoms with E-state index in [2.05, 4.69) is 17.6 Å². The van der Waals surface area contributed by atoms with E-state index in [0.29, 0.717) is 11.5 Å². The lowest BCUT2D eigenvalue weighted by molar-refractivity contribution is 0.0487. The molecule has 0 bridgehead atoms. The van der Waals surface area contributed by atoms with E-state index >= 15 is 0 Å². The molecule has 3 nitrogen and oxygen atoms in total. The molecular weight excluding hydrogens is 284 g/mol. The molecule has 4 heteroatoms. The van der Waals surface area contributed by atoms with Gasteiger partial charge in [-0.1, -0.05) is 26.2 Å². The third-order valence-electron chi connectivity index (χ3n) is 5.97. The van der Waals surface area contributed by atoms with Crippen LogP contribution in [0.25, 0.3) is 0 Å². The van der Waals surface area contributed by atoms with E-state index in [1.165, 1.54) is 57.9 Å². The van der Waals surface area contributed by atoms with Crippen LogP contribution in [0.5, 0.6) is 0 Å². The van der Waals surface area contributed by atoms with Crippen LogP contribution in [0.3, 0.4) is 0 Å². The van der Waals surface area contributed by atoms with Gasteiger partial charge in [0, 0.05) is 25.2 Å². The molecular formula is C17H33ClN2O. The monoisotopic (exact) mass is 316 g/mol. The molecule has 0 spiro atoms. The minimum atomic E-state index is 0. The van der Waals surface area contributed by atoms with Gasteiger partial charge in [0.1, 0.15) is 0 Å². The van der Waals surface area contributed by atoms with E-state index in [1.54, 1.807) is 0 Å². The summed E-state index contributed by atoms with van der Waals surface area (Å²) in [5.74, 6) is 0.786. The molecule has 3 fully saturated rings. The largest absolute Gasteiger partial charge is 0.379 e. The number of hydrogen-bond acceptors (Lipinski definition) is 3. The van der Waals surface area contributed by atoms with E-state index in [0.717, 1.165) is 31.7 Å². The van der Waals surface area contributed by atoms with Gasteiger partial charge >= 0.3 is 0 Å². The van der Waals surface area contributed by atoms with Crippen molar-refractivity contribution in [3.63, 3.8) is 0 Å². The molecule has 3 aliphatic rings. The predicted molar refractivity (Wildman–Crippen MR) is 90.2 cm³/mol. The van der Waals surface area contributed by atoms with Gasteiger partial charge < -0.3 is 15.4 Å². The average molecular weight is 317 g/mol. The normalized spacial score (nSPS) is 35.0. The summed E-state index contributed by atoms with van der Waals surface area (Å²) in [5.41, 5.74) is 0.651. The van der Waals surface area contributed by atoms with E-state index in [1.807, 2.05) is 0 Å². The summed E-state index contributed by atoms with van der Waals surface area (Å²) in [5, 5.41) is 7.64. The van der Waals surface area contributed by atoms with Gasteiger partial charge in [0.25, 0.3) is 0 Å². The molecule has 124 valence electrons. The first-order valence-corrected chi connectivity index (χ1v) is 8.87. The molecule has 3 unspecified atom stereocenters. The fourth-order valence-corrected chi connectivity index (χ4v) is 4.65. The average Bonchev–Trinajstić information content (AvgIpc) is 2.91. The highest BCUT2D eigenvalue weighted by Crippen LogP contribution is 2.44. The lowest BCUT2D eigenvalue weighted by Crippen LogP contribution is -2.52. The molecule has 0 radical (unpaired) electrons. The first-order valence-electron chi connectivity index (χ1n) is 8.87. The molecule has 1 saturated heterocycles. The summed E-state index contributed by atoms with van der Waals surface area (Å²) in [4.78, 5) is 0. The fraction of sp³-hybridized carbons (Fsp3) is 1.00. The third kappa shape index (κ3) is 4.13. The second kappa shape index (κ2) is 8.14. The van der Waals surface area contributed by atoms with Crippen molar-refractivity contribution in [2.75, 3.05) is 26.3 Å². The lowest BCUT2D eigenvalue weighted by Gasteiger charge is -2.44. The molecule has 3 atom stereocenters. The van der Waals surface area contributed by atoms with E-state index in [9.17, 15) is 0 Å². The van der Waals surface area contributed by atoms with E-state index in [-0.39, 0.29) is 12.4 Å². The molecule has 2 saturated carbocycles. The molecule has 2 aliphatic carbocycles.